The summed E-state index contributed by atoms with van der Waals surface area (Å²) >= 11 is 0. The first kappa shape index (κ1) is 24.0. The minimum absolute atomic E-state index is 0.0496. The number of hydrogen-bond donors (Lipinski definition) is 3. The van der Waals surface area contributed by atoms with E-state index in [1.54, 1.807) is 12.1 Å². The number of aliphatic imine (C=N–C) groups is 1. The van der Waals surface area contributed by atoms with Gasteiger partial charge in [-0.05, 0) is 30.9 Å². The van der Waals surface area contributed by atoms with Gasteiger partial charge in [-0.2, -0.15) is 13.2 Å². The molecular weight excluding hydrogens is 397 g/mol. The molecule has 2 rings (SSSR count). The average molecular weight is 428 g/mol. The van der Waals surface area contributed by atoms with Crippen molar-refractivity contribution in [3.8, 4) is 0 Å². The third kappa shape index (κ3) is 9.96. The van der Waals surface area contributed by atoms with Crippen LogP contribution in [0.15, 0.2) is 29.3 Å². The summed E-state index contributed by atoms with van der Waals surface area (Å²) in [5, 5.41) is 9.34. The van der Waals surface area contributed by atoms with Gasteiger partial charge in [0.25, 0.3) is 0 Å². The highest BCUT2D eigenvalue weighted by Crippen LogP contribution is 2.17. The summed E-state index contributed by atoms with van der Waals surface area (Å²) in [5.74, 6) is 0.664. The molecule has 0 saturated heterocycles. The van der Waals surface area contributed by atoms with Crippen molar-refractivity contribution >= 4 is 11.9 Å². The molecule has 1 aliphatic carbocycles. The lowest BCUT2D eigenvalue weighted by atomic mass is 10.1. The summed E-state index contributed by atoms with van der Waals surface area (Å²) in [4.78, 5) is 16.5. The van der Waals surface area contributed by atoms with Gasteiger partial charge in [-0.25, -0.2) is 4.99 Å². The Morgan fingerprint density at radius 1 is 1.13 bits per heavy atom. The lowest BCUT2D eigenvalue weighted by molar-refractivity contribution is -0.176. The van der Waals surface area contributed by atoms with Crippen molar-refractivity contribution in [2.45, 2.75) is 64.4 Å². The molecule has 168 valence electrons. The molecule has 1 aliphatic rings. The maximum absolute atomic E-state index is 12.1. The molecule has 0 atom stereocenters. The summed E-state index contributed by atoms with van der Waals surface area (Å²) < 4.78 is 41.0. The first-order chi connectivity index (χ1) is 14.4. The van der Waals surface area contributed by atoms with Gasteiger partial charge in [-0.3, -0.25) is 4.79 Å². The molecule has 6 nitrogen and oxygen atoms in total. The van der Waals surface area contributed by atoms with Crippen molar-refractivity contribution in [1.82, 2.24) is 16.0 Å². The smallest absolute Gasteiger partial charge is 0.367 e. The summed E-state index contributed by atoms with van der Waals surface area (Å²) in [6, 6.07) is 7.41. The Morgan fingerprint density at radius 3 is 2.43 bits per heavy atom. The van der Waals surface area contributed by atoms with Crippen molar-refractivity contribution in [2.24, 2.45) is 4.99 Å². The summed E-state index contributed by atoms with van der Waals surface area (Å²) in [7, 11) is 0. The first-order valence-corrected chi connectivity index (χ1v) is 10.4. The molecule has 1 amide bonds. The van der Waals surface area contributed by atoms with Crippen LogP contribution in [-0.4, -0.2) is 43.8 Å². The van der Waals surface area contributed by atoms with Crippen LogP contribution in [0.5, 0.6) is 0 Å². The number of nitrogens with zero attached hydrogens (tertiary/aromatic N) is 1. The van der Waals surface area contributed by atoms with Crippen LogP contribution >= 0.6 is 0 Å². The standard InChI is InChI=1S/C21H31F3N4O2/c1-2-25-20(26-12-11-19(29)28-18-5-3-4-6-18)27-13-16-7-9-17(10-8-16)14-30-15-21(22,23)24/h7-10,18H,2-6,11-15H2,1H3,(H,28,29)(H2,25,26,27). The molecule has 3 N–H and O–H groups in total. The number of benzene rings is 1. The van der Waals surface area contributed by atoms with Crippen LogP contribution in [0.3, 0.4) is 0 Å². The fourth-order valence-corrected chi connectivity index (χ4v) is 3.20. The Morgan fingerprint density at radius 2 is 1.80 bits per heavy atom. The number of alkyl halides is 3. The lowest BCUT2D eigenvalue weighted by Crippen LogP contribution is -2.40. The number of carbonyl (C=O) groups excluding carboxylic acids is 1. The number of ether oxygens (including phenoxy) is 1. The van der Waals surface area contributed by atoms with Crippen molar-refractivity contribution in [1.29, 1.82) is 0 Å². The zero-order valence-electron chi connectivity index (χ0n) is 17.4. The zero-order chi connectivity index (χ0) is 21.8. The molecule has 0 aliphatic heterocycles. The fourth-order valence-electron chi connectivity index (χ4n) is 3.20. The molecule has 0 spiro atoms. The molecular formula is C21H31F3N4O2. The number of guanidine groups is 1. The number of rotatable bonds is 10. The van der Waals surface area contributed by atoms with E-state index in [1.807, 2.05) is 19.1 Å². The summed E-state index contributed by atoms with van der Waals surface area (Å²) in [5.41, 5.74) is 1.59. The van der Waals surface area contributed by atoms with Gasteiger partial charge in [0.15, 0.2) is 5.96 Å². The van der Waals surface area contributed by atoms with Gasteiger partial charge in [-0.15, -0.1) is 0 Å². The molecule has 1 saturated carbocycles. The van der Waals surface area contributed by atoms with Gasteiger partial charge >= 0.3 is 6.18 Å². The van der Waals surface area contributed by atoms with Crippen LogP contribution in [-0.2, 0) is 22.7 Å². The van der Waals surface area contributed by atoms with E-state index < -0.39 is 12.8 Å². The van der Waals surface area contributed by atoms with E-state index in [2.05, 4.69) is 25.7 Å². The second-order valence-electron chi connectivity index (χ2n) is 7.35. The Labute approximate surface area is 175 Å². The molecule has 0 aromatic heterocycles. The number of nitrogens with one attached hydrogen (secondary N) is 3. The van der Waals surface area contributed by atoms with E-state index in [9.17, 15) is 18.0 Å². The van der Waals surface area contributed by atoms with Crippen molar-refractivity contribution in [2.75, 3.05) is 19.7 Å². The number of hydrogen-bond acceptors (Lipinski definition) is 3. The number of carbonyl (C=O) groups is 1. The normalized spacial score (nSPS) is 15.3. The van der Waals surface area contributed by atoms with E-state index in [0.717, 1.165) is 18.4 Å². The van der Waals surface area contributed by atoms with Gasteiger partial charge in [0.1, 0.15) is 6.61 Å². The Kier molecular flexibility index (Phi) is 9.93. The lowest BCUT2D eigenvalue weighted by Gasteiger charge is -2.14. The maximum Gasteiger partial charge on any atom is 0.411 e. The van der Waals surface area contributed by atoms with Crippen molar-refractivity contribution < 1.29 is 22.7 Å². The fraction of sp³-hybridized carbons (Fsp3) is 0.619. The number of halogens is 3. The van der Waals surface area contributed by atoms with Crippen LogP contribution < -0.4 is 16.0 Å². The molecule has 30 heavy (non-hydrogen) atoms. The minimum atomic E-state index is -4.32. The van der Waals surface area contributed by atoms with Crippen LogP contribution in [0.1, 0.15) is 50.2 Å². The molecule has 1 aromatic rings. The highest BCUT2D eigenvalue weighted by atomic mass is 19.4. The van der Waals surface area contributed by atoms with Crippen LogP contribution in [0, 0.1) is 0 Å². The Balaban J connectivity index is 1.74. The zero-order valence-corrected chi connectivity index (χ0v) is 17.4. The van der Waals surface area contributed by atoms with Gasteiger partial charge in [-0.1, -0.05) is 37.1 Å². The summed E-state index contributed by atoms with van der Waals surface area (Å²) in [6.07, 6.45) is 0.562. The average Bonchev–Trinajstić information content (AvgIpc) is 3.19. The largest absolute Gasteiger partial charge is 0.411 e. The molecule has 0 radical (unpaired) electrons. The maximum atomic E-state index is 12.1. The van der Waals surface area contributed by atoms with Crippen LogP contribution in [0.4, 0.5) is 13.2 Å². The first-order valence-electron chi connectivity index (χ1n) is 10.4. The highest BCUT2D eigenvalue weighted by molar-refractivity contribution is 5.81. The molecule has 1 aromatic carbocycles. The van der Waals surface area contributed by atoms with E-state index in [1.165, 1.54) is 12.8 Å². The number of amides is 1. The third-order valence-electron chi connectivity index (χ3n) is 4.69. The molecule has 0 unspecified atom stereocenters. The van der Waals surface area contributed by atoms with Gasteiger partial charge in [0.2, 0.25) is 5.91 Å². The van der Waals surface area contributed by atoms with Gasteiger partial charge in [0.05, 0.1) is 13.2 Å². The highest BCUT2D eigenvalue weighted by Gasteiger charge is 2.27. The van der Waals surface area contributed by atoms with Crippen molar-refractivity contribution in [3.63, 3.8) is 0 Å². The second-order valence-corrected chi connectivity index (χ2v) is 7.35. The monoisotopic (exact) mass is 428 g/mol. The van der Waals surface area contributed by atoms with Gasteiger partial charge < -0.3 is 20.7 Å². The van der Waals surface area contributed by atoms with Crippen LogP contribution in [0.2, 0.25) is 0 Å². The molecule has 0 heterocycles. The van der Waals surface area contributed by atoms with Crippen LogP contribution in [0.25, 0.3) is 0 Å². The Hall–Kier alpha value is -2.29. The summed E-state index contributed by atoms with van der Waals surface area (Å²) in [6.45, 7) is 2.20. The molecule has 0 bridgehead atoms. The minimum Gasteiger partial charge on any atom is -0.367 e. The van der Waals surface area contributed by atoms with Gasteiger partial charge in [0, 0.05) is 25.6 Å². The third-order valence-corrected chi connectivity index (χ3v) is 4.69. The predicted molar refractivity (Wildman–Crippen MR) is 110 cm³/mol. The van der Waals surface area contributed by atoms with E-state index >= 15 is 0 Å². The topological polar surface area (TPSA) is 74.8 Å². The van der Waals surface area contributed by atoms with E-state index in [-0.39, 0.29) is 12.5 Å². The Bertz CT molecular complexity index is 672. The van der Waals surface area contributed by atoms with E-state index in [0.29, 0.717) is 43.6 Å². The van der Waals surface area contributed by atoms with E-state index in [4.69, 9.17) is 0 Å². The predicted octanol–water partition coefficient (Wildman–Crippen LogP) is 3.27. The second kappa shape index (κ2) is 12.4. The molecule has 9 heteroatoms. The van der Waals surface area contributed by atoms with Crippen molar-refractivity contribution in [3.05, 3.63) is 35.4 Å². The quantitative estimate of drug-likeness (QED) is 0.395. The SMILES string of the molecule is CCNC(=NCc1ccc(COCC(F)(F)F)cc1)NCCC(=O)NC1CCCC1. The molecule has 1 fully saturated rings.